The van der Waals surface area contributed by atoms with Crippen LogP contribution in [-0.4, -0.2) is 5.16 Å². The van der Waals surface area contributed by atoms with E-state index >= 15 is 0 Å². The Labute approximate surface area is 60.5 Å². The number of hydrogen-bond donors (Lipinski definition) is 0. The van der Waals surface area contributed by atoms with Gasteiger partial charge in [-0.05, 0) is 5.16 Å². The van der Waals surface area contributed by atoms with E-state index in [9.17, 15) is 0 Å². The van der Waals surface area contributed by atoms with Gasteiger partial charge in [0.25, 0.3) is 0 Å². The van der Waals surface area contributed by atoms with Gasteiger partial charge in [0.05, 0.1) is 0 Å². The minimum atomic E-state index is 0. The van der Waals surface area contributed by atoms with E-state index in [1.165, 1.54) is 0 Å². The highest BCUT2D eigenvalue weighted by molar-refractivity contribution is 7.18. The Morgan fingerprint density at radius 2 is 1.00 bits per heavy atom. The van der Waals surface area contributed by atoms with Gasteiger partial charge in [0.1, 0.15) is 0 Å². The molecule has 0 saturated carbocycles. The fourth-order valence-corrected chi connectivity index (χ4v) is 0. The van der Waals surface area contributed by atoms with Crippen molar-refractivity contribution < 1.29 is 0 Å². The van der Waals surface area contributed by atoms with E-state index in [0.717, 1.165) is 0 Å². The Morgan fingerprint density at radius 3 is 1.00 bits per heavy atom. The predicted octanol–water partition coefficient (Wildman–Crippen LogP) is 2.50. The van der Waals surface area contributed by atoms with E-state index in [1.807, 2.05) is 0 Å². The van der Waals surface area contributed by atoms with Crippen LogP contribution < -0.4 is 0 Å². The third kappa shape index (κ3) is 172. The maximum atomic E-state index is 2.72. The van der Waals surface area contributed by atoms with Crippen molar-refractivity contribution in [1.82, 2.24) is 0 Å². The van der Waals surface area contributed by atoms with E-state index in [0.29, 0.717) is 5.16 Å². The van der Waals surface area contributed by atoms with Gasteiger partial charge in [0.2, 0.25) is 0 Å². The molecule has 0 aromatic heterocycles. The Bertz CT molecular complexity index is 25.2. The van der Waals surface area contributed by atoms with Crippen LogP contribution in [0, 0.1) is 0 Å². The molecule has 3 heteroatoms. The standard InChI is InChI=1S/C4H11P.2ClH/c1-4(2,3)5;;/h5H2,1-3H3;2*1H. The monoisotopic (exact) mass is 162 g/mol. The topological polar surface area (TPSA) is 0 Å². The fourth-order valence-electron chi connectivity index (χ4n) is 0. The highest BCUT2D eigenvalue weighted by Gasteiger charge is 1.95. The van der Waals surface area contributed by atoms with Crippen molar-refractivity contribution in [3.05, 3.63) is 0 Å². The lowest BCUT2D eigenvalue weighted by Crippen LogP contribution is -1.97. The van der Waals surface area contributed by atoms with Gasteiger partial charge in [0, 0.05) is 0 Å². The maximum absolute atomic E-state index is 2.72. The van der Waals surface area contributed by atoms with E-state index in [4.69, 9.17) is 0 Å². The average molecular weight is 163 g/mol. The molecule has 0 bridgehead atoms. The van der Waals surface area contributed by atoms with Crippen LogP contribution in [0.3, 0.4) is 0 Å². The lowest BCUT2D eigenvalue weighted by Gasteiger charge is -2.05. The first kappa shape index (κ1) is 15.7. The Hall–Kier alpha value is 1.01. The van der Waals surface area contributed by atoms with Crippen LogP contribution in [0.2, 0.25) is 0 Å². The summed E-state index contributed by atoms with van der Waals surface area (Å²) in [6, 6.07) is 0. The second kappa shape index (κ2) is 5.15. The van der Waals surface area contributed by atoms with Crippen molar-refractivity contribution in [1.29, 1.82) is 0 Å². The highest BCUT2D eigenvalue weighted by Crippen LogP contribution is 2.12. The molecule has 7 heavy (non-hydrogen) atoms. The molecule has 0 aromatic carbocycles. The Balaban J connectivity index is -0.0000000800. The predicted molar refractivity (Wildman–Crippen MR) is 44.0 cm³/mol. The van der Waals surface area contributed by atoms with Gasteiger partial charge in [-0.25, -0.2) is 0 Å². The zero-order chi connectivity index (χ0) is 4.50. The first-order chi connectivity index (χ1) is 2.00. The first-order valence-corrected chi connectivity index (χ1v) is 2.37. The van der Waals surface area contributed by atoms with Crippen molar-refractivity contribution in [2.24, 2.45) is 0 Å². The molecule has 0 aliphatic heterocycles. The van der Waals surface area contributed by atoms with Crippen molar-refractivity contribution in [3.63, 3.8) is 0 Å². The first-order valence-electron chi connectivity index (χ1n) is 1.79. The van der Waals surface area contributed by atoms with Gasteiger partial charge in [-0.3, -0.25) is 0 Å². The summed E-state index contributed by atoms with van der Waals surface area (Å²) in [5.74, 6) is 0. The molecule has 0 amide bonds. The molecule has 0 radical (unpaired) electrons. The molecule has 0 nitrogen and oxygen atoms in total. The van der Waals surface area contributed by atoms with Crippen LogP contribution in [0.5, 0.6) is 0 Å². The van der Waals surface area contributed by atoms with Crippen LogP contribution in [0.15, 0.2) is 0 Å². The molecule has 48 valence electrons. The largest absolute Gasteiger partial charge is 0.147 e. The van der Waals surface area contributed by atoms with Gasteiger partial charge in [-0.1, -0.05) is 20.8 Å². The van der Waals surface area contributed by atoms with E-state index < -0.39 is 0 Å². The summed E-state index contributed by atoms with van der Waals surface area (Å²) in [4.78, 5) is 0. The zero-order valence-corrected chi connectivity index (χ0v) is 7.68. The van der Waals surface area contributed by atoms with Crippen LogP contribution in [0.25, 0.3) is 0 Å². The van der Waals surface area contributed by atoms with Crippen molar-refractivity contribution in [2.45, 2.75) is 25.9 Å². The van der Waals surface area contributed by atoms with Crippen LogP contribution in [0.1, 0.15) is 20.8 Å². The molecule has 0 aliphatic carbocycles. The molecule has 0 spiro atoms. The van der Waals surface area contributed by atoms with E-state index in [1.54, 1.807) is 0 Å². The Morgan fingerprint density at radius 1 is 1.00 bits per heavy atom. The number of hydrogen-bond acceptors (Lipinski definition) is 0. The molecule has 0 aliphatic rings. The maximum Gasteiger partial charge on any atom is -0.0235 e. The van der Waals surface area contributed by atoms with Crippen LogP contribution in [0.4, 0.5) is 0 Å². The van der Waals surface area contributed by atoms with Gasteiger partial charge in [-0.2, -0.15) is 0 Å². The summed E-state index contributed by atoms with van der Waals surface area (Å²) in [6.45, 7) is 6.45. The summed E-state index contributed by atoms with van der Waals surface area (Å²) in [5, 5.41) is 0.417. The molecular formula is C4H13Cl2P. The minimum absolute atomic E-state index is 0. The summed E-state index contributed by atoms with van der Waals surface area (Å²) in [5.41, 5.74) is 0. The van der Waals surface area contributed by atoms with Crippen LogP contribution >= 0.6 is 34.1 Å². The molecule has 1 atom stereocenters. The zero-order valence-electron chi connectivity index (χ0n) is 4.89. The molecule has 0 aromatic rings. The van der Waals surface area contributed by atoms with Gasteiger partial charge in [0.15, 0.2) is 0 Å². The molecule has 0 fully saturated rings. The Kier molecular flexibility index (Phi) is 11.5. The molecule has 0 rings (SSSR count). The van der Waals surface area contributed by atoms with Gasteiger partial charge >= 0.3 is 0 Å². The lowest BCUT2D eigenvalue weighted by atomic mass is 10.3. The third-order valence-electron chi connectivity index (χ3n) is 0. The van der Waals surface area contributed by atoms with Crippen molar-refractivity contribution in [2.75, 3.05) is 0 Å². The average Bonchev–Trinajstić information content (AvgIpc) is 0.722. The van der Waals surface area contributed by atoms with Crippen molar-refractivity contribution in [3.8, 4) is 0 Å². The van der Waals surface area contributed by atoms with E-state index in [2.05, 4.69) is 30.0 Å². The normalized spacial score (nSPS) is 8.57. The lowest BCUT2D eigenvalue weighted by molar-refractivity contribution is 0.804. The molecule has 0 saturated heterocycles. The van der Waals surface area contributed by atoms with Crippen LogP contribution in [-0.2, 0) is 0 Å². The highest BCUT2D eigenvalue weighted by atomic mass is 35.5. The molecular weight excluding hydrogens is 150 g/mol. The number of halogens is 2. The van der Waals surface area contributed by atoms with Crippen molar-refractivity contribution >= 4 is 34.1 Å². The van der Waals surface area contributed by atoms with Gasteiger partial charge < -0.3 is 0 Å². The summed E-state index contributed by atoms with van der Waals surface area (Å²) in [6.07, 6.45) is 0. The summed E-state index contributed by atoms with van der Waals surface area (Å²) >= 11 is 0. The van der Waals surface area contributed by atoms with Gasteiger partial charge in [-0.15, -0.1) is 34.1 Å². The molecule has 0 heterocycles. The number of rotatable bonds is 0. The SMILES string of the molecule is CC(C)(C)P.Cl.Cl. The van der Waals surface area contributed by atoms with E-state index in [-0.39, 0.29) is 24.8 Å². The second-order valence-corrected chi connectivity index (χ2v) is 4.10. The summed E-state index contributed by atoms with van der Waals surface area (Å²) in [7, 11) is 2.72. The second-order valence-electron chi connectivity index (χ2n) is 2.37. The quantitative estimate of drug-likeness (QED) is 0.481. The summed E-state index contributed by atoms with van der Waals surface area (Å²) < 4.78 is 0. The minimum Gasteiger partial charge on any atom is -0.147 e. The fraction of sp³-hybridized carbons (Fsp3) is 1.00. The molecule has 1 unspecified atom stereocenters. The molecule has 0 N–H and O–H groups in total. The smallest absolute Gasteiger partial charge is 0.0235 e. The third-order valence-corrected chi connectivity index (χ3v) is 0.